The molecule has 1 aromatic rings. The average molecular weight is 278 g/mol. The highest BCUT2D eigenvalue weighted by Gasteiger charge is 2.15. The Balaban J connectivity index is 1.72. The number of phenols is 1. The molecule has 2 rings (SSSR count). The van der Waals surface area contributed by atoms with Gasteiger partial charge in [-0.15, -0.1) is 0 Å². The van der Waals surface area contributed by atoms with Gasteiger partial charge in [0.2, 0.25) is 0 Å². The molecule has 4 nitrogen and oxygen atoms in total. The fourth-order valence-corrected chi connectivity index (χ4v) is 2.75. The quantitative estimate of drug-likeness (QED) is 0.830. The summed E-state index contributed by atoms with van der Waals surface area (Å²) in [6, 6.07) is 8.37. The van der Waals surface area contributed by atoms with Gasteiger partial charge in [-0.2, -0.15) is 0 Å². The lowest BCUT2D eigenvalue weighted by molar-refractivity contribution is 0.0339. The first-order valence-corrected chi connectivity index (χ1v) is 7.47. The fraction of sp³-hybridized carbons (Fsp3) is 0.625. The molecule has 0 spiro atoms. The molecule has 1 heterocycles. The molecule has 0 bridgehead atoms. The molecular formula is C16H26N2O2. The molecule has 2 unspecified atom stereocenters. The van der Waals surface area contributed by atoms with E-state index in [0.29, 0.717) is 17.8 Å². The van der Waals surface area contributed by atoms with Crippen LogP contribution in [0.3, 0.4) is 0 Å². The Labute approximate surface area is 121 Å². The highest BCUT2D eigenvalue weighted by atomic mass is 16.5. The normalized spacial score (nSPS) is 19.7. The van der Waals surface area contributed by atoms with Crippen LogP contribution in [0.25, 0.3) is 0 Å². The van der Waals surface area contributed by atoms with Crippen molar-refractivity contribution in [3.63, 3.8) is 0 Å². The zero-order valence-corrected chi connectivity index (χ0v) is 12.5. The van der Waals surface area contributed by atoms with Gasteiger partial charge in [-0.25, -0.2) is 0 Å². The summed E-state index contributed by atoms with van der Waals surface area (Å²) in [5.41, 5.74) is 1.25. The summed E-state index contributed by atoms with van der Waals surface area (Å²) in [4.78, 5) is 2.45. The number of phenolic OH excluding ortho intramolecular Hbond substituents is 1. The summed E-state index contributed by atoms with van der Waals surface area (Å²) < 4.78 is 5.37. The third-order valence-corrected chi connectivity index (χ3v) is 3.68. The molecule has 20 heavy (non-hydrogen) atoms. The molecule has 1 aliphatic rings. The molecule has 112 valence electrons. The molecule has 1 fully saturated rings. The zero-order chi connectivity index (χ0) is 14.4. The maximum Gasteiger partial charge on any atom is 0.115 e. The van der Waals surface area contributed by atoms with Crippen molar-refractivity contribution >= 4 is 0 Å². The Morgan fingerprint density at radius 2 is 1.80 bits per heavy atom. The number of benzene rings is 1. The monoisotopic (exact) mass is 278 g/mol. The van der Waals surface area contributed by atoms with Crippen LogP contribution in [0.15, 0.2) is 24.3 Å². The Morgan fingerprint density at radius 3 is 2.45 bits per heavy atom. The minimum atomic E-state index is 0.329. The van der Waals surface area contributed by atoms with Gasteiger partial charge in [0.15, 0.2) is 0 Å². The van der Waals surface area contributed by atoms with E-state index in [1.807, 2.05) is 12.1 Å². The van der Waals surface area contributed by atoms with E-state index in [9.17, 15) is 5.11 Å². The van der Waals surface area contributed by atoms with Crippen LogP contribution in [0.5, 0.6) is 5.75 Å². The summed E-state index contributed by atoms with van der Waals surface area (Å²) >= 11 is 0. The van der Waals surface area contributed by atoms with Gasteiger partial charge in [-0.3, -0.25) is 4.90 Å². The van der Waals surface area contributed by atoms with E-state index in [-0.39, 0.29) is 0 Å². The summed E-state index contributed by atoms with van der Waals surface area (Å²) in [6.07, 6.45) is 0.980. The number of morpholine rings is 1. The molecule has 2 N–H and O–H groups in total. The summed E-state index contributed by atoms with van der Waals surface area (Å²) in [6.45, 7) is 9.32. The molecule has 0 aliphatic carbocycles. The summed E-state index contributed by atoms with van der Waals surface area (Å²) in [7, 11) is 0. The molecular weight excluding hydrogens is 252 g/mol. The fourth-order valence-electron chi connectivity index (χ4n) is 2.75. The van der Waals surface area contributed by atoms with Crippen LogP contribution in [-0.2, 0) is 11.2 Å². The number of ether oxygens (including phenoxy) is 1. The van der Waals surface area contributed by atoms with Gasteiger partial charge in [0, 0.05) is 31.7 Å². The lowest BCUT2D eigenvalue weighted by Gasteiger charge is -2.30. The largest absolute Gasteiger partial charge is 0.508 e. The van der Waals surface area contributed by atoms with Crippen LogP contribution in [0, 0.1) is 0 Å². The Hall–Kier alpha value is -1.10. The maximum absolute atomic E-state index is 9.29. The van der Waals surface area contributed by atoms with Crippen LogP contribution in [0.2, 0.25) is 0 Å². The standard InChI is InChI=1S/C16H26N2O2/c1-13(11-15-3-5-16(19)6-4-15)17-14(2)12-18-7-9-20-10-8-18/h3-6,13-14,17,19H,7-12H2,1-2H3. The van der Waals surface area contributed by atoms with Crippen LogP contribution >= 0.6 is 0 Å². The highest BCUT2D eigenvalue weighted by molar-refractivity contribution is 5.26. The summed E-state index contributed by atoms with van der Waals surface area (Å²) in [5, 5.41) is 12.9. The second-order valence-corrected chi connectivity index (χ2v) is 5.75. The Bertz CT molecular complexity index is 388. The average Bonchev–Trinajstić information content (AvgIpc) is 2.42. The number of nitrogens with one attached hydrogen (secondary N) is 1. The topological polar surface area (TPSA) is 44.7 Å². The molecule has 0 saturated carbocycles. The van der Waals surface area contributed by atoms with Crippen molar-refractivity contribution in [1.29, 1.82) is 0 Å². The molecule has 0 amide bonds. The van der Waals surface area contributed by atoms with E-state index in [2.05, 4.69) is 24.1 Å². The van der Waals surface area contributed by atoms with Gasteiger partial charge in [0.1, 0.15) is 5.75 Å². The van der Waals surface area contributed by atoms with Gasteiger partial charge in [0.25, 0.3) is 0 Å². The first-order valence-electron chi connectivity index (χ1n) is 7.47. The first kappa shape index (κ1) is 15.3. The third kappa shape index (κ3) is 5.12. The van der Waals surface area contributed by atoms with Crippen molar-refractivity contribution in [2.45, 2.75) is 32.4 Å². The highest BCUT2D eigenvalue weighted by Crippen LogP contribution is 2.11. The van der Waals surface area contributed by atoms with Crippen molar-refractivity contribution in [2.75, 3.05) is 32.8 Å². The second-order valence-electron chi connectivity index (χ2n) is 5.75. The van der Waals surface area contributed by atoms with Crippen molar-refractivity contribution in [3.05, 3.63) is 29.8 Å². The number of hydrogen-bond acceptors (Lipinski definition) is 4. The Morgan fingerprint density at radius 1 is 1.15 bits per heavy atom. The molecule has 0 radical (unpaired) electrons. The minimum absolute atomic E-state index is 0.329. The molecule has 0 aromatic heterocycles. The van der Waals surface area contributed by atoms with E-state index in [1.54, 1.807) is 12.1 Å². The van der Waals surface area contributed by atoms with E-state index in [0.717, 1.165) is 39.3 Å². The third-order valence-electron chi connectivity index (χ3n) is 3.68. The van der Waals surface area contributed by atoms with Gasteiger partial charge in [-0.05, 0) is 38.0 Å². The first-order chi connectivity index (χ1) is 9.63. The van der Waals surface area contributed by atoms with Crippen LogP contribution in [-0.4, -0.2) is 54.9 Å². The Kier molecular flexibility index (Phi) is 5.83. The smallest absolute Gasteiger partial charge is 0.115 e. The lowest BCUT2D eigenvalue weighted by atomic mass is 10.1. The van der Waals surface area contributed by atoms with Gasteiger partial charge in [0.05, 0.1) is 13.2 Å². The zero-order valence-electron chi connectivity index (χ0n) is 12.5. The molecule has 4 heteroatoms. The van der Waals surface area contributed by atoms with Gasteiger partial charge >= 0.3 is 0 Å². The molecule has 1 aromatic carbocycles. The molecule has 1 aliphatic heterocycles. The molecule has 1 saturated heterocycles. The number of hydrogen-bond donors (Lipinski definition) is 2. The van der Waals surface area contributed by atoms with Gasteiger partial charge < -0.3 is 15.2 Å². The van der Waals surface area contributed by atoms with Crippen LogP contribution in [0.4, 0.5) is 0 Å². The maximum atomic E-state index is 9.29. The van der Waals surface area contributed by atoms with E-state index in [4.69, 9.17) is 4.74 Å². The van der Waals surface area contributed by atoms with Crippen molar-refractivity contribution in [3.8, 4) is 5.75 Å². The number of rotatable bonds is 6. The predicted octanol–water partition coefficient (Wildman–Crippen LogP) is 1.63. The van der Waals surface area contributed by atoms with Crippen molar-refractivity contribution in [1.82, 2.24) is 10.2 Å². The summed E-state index contributed by atoms with van der Waals surface area (Å²) in [5.74, 6) is 0.329. The van der Waals surface area contributed by atoms with E-state index in [1.165, 1.54) is 5.56 Å². The second kappa shape index (κ2) is 7.62. The van der Waals surface area contributed by atoms with Gasteiger partial charge in [-0.1, -0.05) is 12.1 Å². The van der Waals surface area contributed by atoms with Crippen LogP contribution < -0.4 is 5.32 Å². The number of aromatic hydroxyl groups is 1. The van der Waals surface area contributed by atoms with E-state index >= 15 is 0 Å². The minimum Gasteiger partial charge on any atom is -0.508 e. The molecule has 2 atom stereocenters. The van der Waals surface area contributed by atoms with E-state index < -0.39 is 0 Å². The van der Waals surface area contributed by atoms with Crippen molar-refractivity contribution < 1.29 is 9.84 Å². The predicted molar refractivity (Wildman–Crippen MR) is 81.1 cm³/mol. The van der Waals surface area contributed by atoms with Crippen LogP contribution in [0.1, 0.15) is 19.4 Å². The number of nitrogens with zero attached hydrogens (tertiary/aromatic N) is 1. The lowest BCUT2D eigenvalue weighted by Crippen LogP contribution is -2.47. The van der Waals surface area contributed by atoms with Crippen molar-refractivity contribution in [2.24, 2.45) is 0 Å². The SMILES string of the molecule is CC(Cc1ccc(O)cc1)NC(C)CN1CCOCC1.